The largest absolute Gasteiger partial charge is 0.348 e. The molecule has 0 unspecified atom stereocenters. The van der Waals surface area contributed by atoms with Crippen molar-refractivity contribution in [3.63, 3.8) is 0 Å². The Morgan fingerprint density at radius 2 is 2.11 bits per heavy atom. The fourth-order valence-electron chi connectivity index (χ4n) is 2.44. The molecule has 4 heteroatoms. The van der Waals surface area contributed by atoms with Crippen LogP contribution in [0.5, 0.6) is 0 Å². The van der Waals surface area contributed by atoms with Crippen molar-refractivity contribution in [2.45, 2.75) is 39.5 Å². The summed E-state index contributed by atoms with van der Waals surface area (Å²) in [5.74, 6) is 0. The van der Waals surface area contributed by atoms with Crippen molar-refractivity contribution in [2.75, 3.05) is 31.6 Å². The SMILES string of the molecule is CCC(=Cc1sc(N2CCCCC2)nc1C)CNC. The van der Waals surface area contributed by atoms with E-state index in [-0.39, 0.29) is 0 Å². The van der Waals surface area contributed by atoms with E-state index in [0.717, 1.165) is 13.0 Å². The summed E-state index contributed by atoms with van der Waals surface area (Å²) in [6, 6.07) is 0. The number of nitrogens with zero attached hydrogens (tertiary/aromatic N) is 2. The van der Waals surface area contributed by atoms with Crippen LogP contribution in [0.25, 0.3) is 6.08 Å². The first-order valence-corrected chi connectivity index (χ1v) is 8.12. The van der Waals surface area contributed by atoms with Gasteiger partial charge in [0.1, 0.15) is 0 Å². The predicted molar refractivity (Wildman–Crippen MR) is 85.1 cm³/mol. The molecule has 1 saturated heterocycles. The molecule has 2 heterocycles. The van der Waals surface area contributed by atoms with Crippen LogP contribution in [0.15, 0.2) is 5.57 Å². The molecule has 1 aromatic rings. The van der Waals surface area contributed by atoms with Crippen LogP contribution in [0.1, 0.15) is 43.2 Å². The van der Waals surface area contributed by atoms with E-state index in [1.54, 1.807) is 0 Å². The Bertz CT molecular complexity index is 431. The Hall–Kier alpha value is -0.870. The number of aryl methyl sites for hydroxylation is 1. The van der Waals surface area contributed by atoms with E-state index in [0.29, 0.717) is 0 Å². The second kappa shape index (κ2) is 7.06. The maximum Gasteiger partial charge on any atom is 0.186 e. The number of aromatic nitrogens is 1. The molecule has 1 aromatic heterocycles. The average Bonchev–Trinajstić information content (AvgIpc) is 2.80. The molecule has 2 rings (SSSR count). The topological polar surface area (TPSA) is 28.2 Å². The van der Waals surface area contributed by atoms with E-state index in [2.05, 4.69) is 30.1 Å². The van der Waals surface area contributed by atoms with Crippen molar-refractivity contribution in [1.82, 2.24) is 10.3 Å². The van der Waals surface area contributed by atoms with E-state index >= 15 is 0 Å². The second-order valence-corrected chi connectivity index (χ2v) is 6.19. The van der Waals surface area contributed by atoms with Crippen molar-refractivity contribution < 1.29 is 0 Å². The summed E-state index contributed by atoms with van der Waals surface area (Å²) < 4.78 is 0. The zero-order chi connectivity index (χ0) is 13.7. The summed E-state index contributed by atoms with van der Waals surface area (Å²) in [6.07, 6.45) is 7.40. The number of rotatable bonds is 5. The van der Waals surface area contributed by atoms with Gasteiger partial charge < -0.3 is 10.2 Å². The minimum atomic E-state index is 0.965. The lowest BCUT2D eigenvalue weighted by Gasteiger charge is -2.25. The molecular formula is C15H25N3S. The predicted octanol–water partition coefficient (Wildman–Crippen LogP) is 3.45. The highest BCUT2D eigenvalue weighted by Gasteiger charge is 2.15. The smallest absolute Gasteiger partial charge is 0.186 e. The van der Waals surface area contributed by atoms with Crippen LogP contribution in [0.4, 0.5) is 5.13 Å². The quantitative estimate of drug-likeness (QED) is 0.894. The molecule has 1 N–H and O–H groups in total. The standard InChI is InChI=1S/C15H25N3S/c1-4-13(11-16-3)10-14-12(2)17-15(19-14)18-8-6-5-7-9-18/h10,16H,4-9,11H2,1-3H3. The number of hydrogen-bond acceptors (Lipinski definition) is 4. The second-order valence-electron chi connectivity index (χ2n) is 5.18. The lowest BCUT2D eigenvalue weighted by atomic mass is 10.1. The summed E-state index contributed by atoms with van der Waals surface area (Å²) in [7, 11) is 2.00. The van der Waals surface area contributed by atoms with E-state index in [1.807, 2.05) is 18.4 Å². The molecule has 0 aromatic carbocycles. The molecule has 0 radical (unpaired) electrons. The van der Waals surface area contributed by atoms with Gasteiger partial charge in [0, 0.05) is 19.6 Å². The third kappa shape index (κ3) is 3.80. The number of nitrogens with one attached hydrogen (secondary N) is 1. The van der Waals surface area contributed by atoms with Gasteiger partial charge in [-0.3, -0.25) is 0 Å². The van der Waals surface area contributed by atoms with Crippen LogP contribution in [-0.2, 0) is 0 Å². The third-order valence-electron chi connectivity index (χ3n) is 3.64. The molecule has 0 aliphatic carbocycles. The highest BCUT2D eigenvalue weighted by Crippen LogP contribution is 2.30. The molecule has 1 aliphatic heterocycles. The van der Waals surface area contributed by atoms with Gasteiger partial charge in [-0.25, -0.2) is 4.98 Å². The average molecular weight is 279 g/mol. The fourth-order valence-corrected chi connectivity index (χ4v) is 3.55. The molecule has 0 amide bonds. The zero-order valence-electron chi connectivity index (χ0n) is 12.3. The molecule has 0 atom stereocenters. The minimum Gasteiger partial charge on any atom is -0.348 e. The van der Waals surface area contributed by atoms with E-state index in [9.17, 15) is 0 Å². The normalized spacial score (nSPS) is 17.0. The number of piperidine rings is 1. The molecule has 106 valence electrons. The minimum absolute atomic E-state index is 0.965. The van der Waals surface area contributed by atoms with Crippen molar-refractivity contribution in [2.24, 2.45) is 0 Å². The number of thiazole rings is 1. The van der Waals surface area contributed by atoms with Crippen LogP contribution in [0.2, 0.25) is 0 Å². The number of likely N-dealkylation sites (N-methyl/N-ethyl adjacent to an activating group) is 1. The fraction of sp³-hybridized carbons (Fsp3) is 0.667. The lowest BCUT2D eigenvalue weighted by Crippen LogP contribution is -2.29. The van der Waals surface area contributed by atoms with Crippen molar-refractivity contribution in [3.8, 4) is 0 Å². The van der Waals surface area contributed by atoms with E-state index in [4.69, 9.17) is 4.98 Å². The molecule has 0 spiro atoms. The highest BCUT2D eigenvalue weighted by molar-refractivity contribution is 7.16. The number of anilines is 1. The Morgan fingerprint density at radius 3 is 2.74 bits per heavy atom. The van der Waals surface area contributed by atoms with Gasteiger partial charge in [-0.05, 0) is 45.7 Å². The maximum absolute atomic E-state index is 4.76. The highest BCUT2D eigenvalue weighted by atomic mass is 32.1. The Balaban J connectivity index is 2.15. The summed E-state index contributed by atoms with van der Waals surface area (Å²) in [5, 5.41) is 4.45. The first-order chi connectivity index (χ1) is 9.24. The Morgan fingerprint density at radius 1 is 1.37 bits per heavy atom. The summed E-state index contributed by atoms with van der Waals surface area (Å²) in [4.78, 5) is 8.53. The summed E-state index contributed by atoms with van der Waals surface area (Å²) in [5.41, 5.74) is 2.62. The maximum atomic E-state index is 4.76. The Kier molecular flexibility index (Phi) is 5.40. The molecule has 19 heavy (non-hydrogen) atoms. The van der Waals surface area contributed by atoms with Gasteiger partial charge in [-0.1, -0.05) is 23.8 Å². The first-order valence-electron chi connectivity index (χ1n) is 7.31. The molecular weight excluding hydrogens is 254 g/mol. The van der Waals surface area contributed by atoms with Crippen LogP contribution >= 0.6 is 11.3 Å². The van der Waals surface area contributed by atoms with Gasteiger partial charge in [-0.15, -0.1) is 0 Å². The van der Waals surface area contributed by atoms with E-state index in [1.165, 1.54) is 53.6 Å². The van der Waals surface area contributed by atoms with Crippen LogP contribution in [0, 0.1) is 6.92 Å². The molecule has 0 saturated carbocycles. The van der Waals surface area contributed by atoms with Gasteiger partial charge in [0.2, 0.25) is 0 Å². The number of hydrogen-bond donors (Lipinski definition) is 1. The summed E-state index contributed by atoms with van der Waals surface area (Å²) in [6.45, 7) is 7.65. The molecule has 1 fully saturated rings. The van der Waals surface area contributed by atoms with Crippen molar-refractivity contribution in [1.29, 1.82) is 0 Å². The van der Waals surface area contributed by atoms with Gasteiger partial charge in [0.25, 0.3) is 0 Å². The van der Waals surface area contributed by atoms with Gasteiger partial charge >= 0.3 is 0 Å². The molecule has 3 nitrogen and oxygen atoms in total. The summed E-state index contributed by atoms with van der Waals surface area (Å²) >= 11 is 1.85. The van der Waals surface area contributed by atoms with Gasteiger partial charge in [-0.2, -0.15) is 0 Å². The van der Waals surface area contributed by atoms with Gasteiger partial charge in [0.15, 0.2) is 5.13 Å². The van der Waals surface area contributed by atoms with Crippen LogP contribution in [0.3, 0.4) is 0 Å². The Labute approximate surface area is 120 Å². The molecule has 0 bridgehead atoms. The van der Waals surface area contributed by atoms with Crippen molar-refractivity contribution in [3.05, 3.63) is 16.1 Å². The molecule has 1 aliphatic rings. The third-order valence-corrected chi connectivity index (χ3v) is 4.81. The lowest BCUT2D eigenvalue weighted by molar-refractivity contribution is 0.576. The zero-order valence-corrected chi connectivity index (χ0v) is 13.1. The van der Waals surface area contributed by atoms with E-state index < -0.39 is 0 Å². The van der Waals surface area contributed by atoms with Crippen LogP contribution in [-0.4, -0.2) is 31.7 Å². The monoisotopic (exact) mass is 279 g/mol. The first kappa shape index (κ1) is 14.5. The van der Waals surface area contributed by atoms with Crippen LogP contribution < -0.4 is 10.2 Å². The van der Waals surface area contributed by atoms with Crippen molar-refractivity contribution >= 4 is 22.5 Å². The van der Waals surface area contributed by atoms with Gasteiger partial charge in [0.05, 0.1) is 10.6 Å².